The Kier molecular flexibility index (Phi) is 5.46. The number of likely N-dealkylation sites (tertiary alicyclic amines) is 1. The fraction of sp³-hybridized carbons (Fsp3) is 0.300. The maximum atomic E-state index is 12.6. The molecule has 2 aromatic carbocycles. The molecule has 0 aliphatic carbocycles. The summed E-state index contributed by atoms with van der Waals surface area (Å²) in [4.78, 5) is 25.8. The highest BCUT2D eigenvalue weighted by atomic mass is 16.2. The minimum Gasteiger partial charge on any atom is -0.351 e. The highest BCUT2D eigenvalue weighted by molar-refractivity contribution is 5.96. The molecule has 5 heteroatoms. The first-order valence-electron chi connectivity index (χ1n) is 8.59. The summed E-state index contributed by atoms with van der Waals surface area (Å²) in [5.74, 6) is 0.143. The van der Waals surface area contributed by atoms with Crippen LogP contribution in [0.3, 0.4) is 0 Å². The van der Waals surface area contributed by atoms with Gasteiger partial charge in [0.25, 0.3) is 0 Å². The summed E-state index contributed by atoms with van der Waals surface area (Å²) in [5, 5.41) is 2.24. The van der Waals surface area contributed by atoms with Crippen molar-refractivity contribution in [2.75, 3.05) is 13.1 Å². The molecule has 1 heterocycles. The number of nitrogens with two attached hydrogens (primary N) is 1. The van der Waals surface area contributed by atoms with Crippen LogP contribution < -0.4 is 11.1 Å². The molecule has 25 heavy (non-hydrogen) atoms. The van der Waals surface area contributed by atoms with Crippen LogP contribution in [0.2, 0.25) is 0 Å². The van der Waals surface area contributed by atoms with Crippen molar-refractivity contribution >= 4 is 11.9 Å². The lowest BCUT2D eigenvalue weighted by Crippen LogP contribution is -2.46. The SMILES string of the molecule is NC(=O)NC(=O)C(c1ccccc1)N1CCC(c2ccccc2)CC1. The molecule has 3 rings (SSSR count). The summed E-state index contributed by atoms with van der Waals surface area (Å²) in [5.41, 5.74) is 7.37. The van der Waals surface area contributed by atoms with E-state index in [1.54, 1.807) is 0 Å². The third-order valence-corrected chi connectivity index (χ3v) is 4.78. The van der Waals surface area contributed by atoms with E-state index < -0.39 is 12.1 Å². The molecule has 0 aromatic heterocycles. The van der Waals surface area contributed by atoms with E-state index in [4.69, 9.17) is 5.73 Å². The molecule has 0 spiro atoms. The van der Waals surface area contributed by atoms with Crippen molar-refractivity contribution in [2.45, 2.75) is 24.8 Å². The number of nitrogens with zero attached hydrogens (tertiary/aromatic N) is 1. The maximum Gasteiger partial charge on any atom is 0.318 e. The summed E-state index contributed by atoms with van der Waals surface area (Å²) in [6, 6.07) is 18.7. The van der Waals surface area contributed by atoms with Crippen LogP contribution in [0.15, 0.2) is 60.7 Å². The zero-order valence-electron chi connectivity index (χ0n) is 14.1. The van der Waals surface area contributed by atoms with E-state index in [0.29, 0.717) is 5.92 Å². The smallest absolute Gasteiger partial charge is 0.318 e. The fourth-order valence-corrected chi connectivity index (χ4v) is 3.57. The van der Waals surface area contributed by atoms with Crippen molar-refractivity contribution < 1.29 is 9.59 Å². The number of amides is 3. The average molecular weight is 337 g/mol. The van der Waals surface area contributed by atoms with Gasteiger partial charge in [-0.25, -0.2) is 4.79 Å². The van der Waals surface area contributed by atoms with Crippen LogP contribution in [0.4, 0.5) is 4.79 Å². The second-order valence-electron chi connectivity index (χ2n) is 6.39. The molecule has 0 radical (unpaired) electrons. The van der Waals surface area contributed by atoms with E-state index in [1.165, 1.54) is 5.56 Å². The molecule has 3 amide bonds. The number of carbonyl (C=O) groups excluding carboxylic acids is 2. The Morgan fingerprint density at radius 1 is 0.960 bits per heavy atom. The monoisotopic (exact) mass is 337 g/mol. The van der Waals surface area contributed by atoms with Gasteiger partial charge in [0, 0.05) is 0 Å². The number of urea groups is 1. The lowest BCUT2D eigenvalue weighted by molar-refractivity contribution is -0.126. The third-order valence-electron chi connectivity index (χ3n) is 4.78. The Bertz CT molecular complexity index is 710. The van der Waals surface area contributed by atoms with E-state index >= 15 is 0 Å². The normalized spacial score (nSPS) is 17.0. The van der Waals surface area contributed by atoms with E-state index in [-0.39, 0.29) is 5.91 Å². The Labute approximate surface area is 147 Å². The number of rotatable bonds is 4. The number of hydrogen-bond donors (Lipinski definition) is 2. The van der Waals surface area contributed by atoms with E-state index in [0.717, 1.165) is 31.5 Å². The van der Waals surface area contributed by atoms with Crippen LogP contribution in [0, 0.1) is 0 Å². The lowest BCUT2D eigenvalue weighted by Gasteiger charge is -2.37. The summed E-state index contributed by atoms with van der Waals surface area (Å²) in [7, 11) is 0. The quantitative estimate of drug-likeness (QED) is 0.901. The highest BCUT2D eigenvalue weighted by Gasteiger charge is 2.31. The first-order valence-corrected chi connectivity index (χ1v) is 8.59. The van der Waals surface area contributed by atoms with Crippen molar-refractivity contribution in [3.8, 4) is 0 Å². The number of primary amides is 1. The third kappa shape index (κ3) is 4.25. The second kappa shape index (κ2) is 7.94. The Morgan fingerprint density at radius 2 is 1.52 bits per heavy atom. The predicted molar refractivity (Wildman–Crippen MR) is 96.9 cm³/mol. The molecule has 0 saturated carbocycles. The van der Waals surface area contributed by atoms with Crippen LogP contribution in [0.25, 0.3) is 0 Å². The number of hydrogen-bond acceptors (Lipinski definition) is 3. The zero-order chi connectivity index (χ0) is 17.6. The largest absolute Gasteiger partial charge is 0.351 e. The van der Waals surface area contributed by atoms with Gasteiger partial charge in [0.2, 0.25) is 5.91 Å². The van der Waals surface area contributed by atoms with Crippen LogP contribution in [0.5, 0.6) is 0 Å². The molecular weight excluding hydrogens is 314 g/mol. The molecule has 1 aliphatic rings. The molecule has 3 N–H and O–H groups in total. The average Bonchev–Trinajstić information content (AvgIpc) is 2.63. The zero-order valence-corrected chi connectivity index (χ0v) is 14.1. The highest BCUT2D eigenvalue weighted by Crippen LogP contribution is 2.32. The minimum atomic E-state index is -0.815. The van der Waals surface area contributed by atoms with Gasteiger partial charge in [-0.3, -0.25) is 15.0 Å². The molecule has 2 aromatic rings. The van der Waals surface area contributed by atoms with Crippen molar-refractivity contribution in [3.05, 3.63) is 71.8 Å². The fourth-order valence-electron chi connectivity index (χ4n) is 3.57. The van der Waals surface area contributed by atoms with Gasteiger partial charge in [-0.1, -0.05) is 60.7 Å². The van der Waals surface area contributed by atoms with Gasteiger partial charge in [-0.2, -0.15) is 0 Å². The molecule has 5 nitrogen and oxygen atoms in total. The molecule has 130 valence electrons. The number of carbonyl (C=O) groups is 2. The summed E-state index contributed by atoms with van der Waals surface area (Å²) in [6.45, 7) is 1.59. The van der Waals surface area contributed by atoms with Gasteiger partial charge < -0.3 is 5.73 Å². The second-order valence-corrected chi connectivity index (χ2v) is 6.39. The molecular formula is C20H23N3O2. The van der Waals surface area contributed by atoms with Crippen molar-refractivity contribution in [1.82, 2.24) is 10.2 Å². The van der Waals surface area contributed by atoms with Gasteiger partial charge in [-0.15, -0.1) is 0 Å². The molecule has 1 aliphatic heterocycles. The topological polar surface area (TPSA) is 75.4 Å². The molecule has 0 bridgehead atoms. The Hall–Kier alpha value is -2.66. The lowest BCUT2D eigenvalue weighted by atomic mass is 9.88. The number of benzene rings is 2. The number of nitrogens with one attached hydrogen (secondary N) is 1. The molecule has 1 saturated heterocycles. The first kappa shape index (κ1) is 17.2. The van der Waals surface area contributed by atoms with Crippen LogP contribution in [-0.2, 0) is 4.79 Å². The van der Waals surface area contributed by atoms with Crippen LogP contribution in [-0.4, -0.2) is 29.9 Å². The summed E-state index contributed by atoms with van der Waals surface area (Å²) < 4.78 is 0. The molecule has 1 atom stereocenters. The maximum absolute atomic E-state index is 12.6. The van der Waals surface area contributed by atoms with Gasteiger partial charge in [0.05, 0.1) is 0 Å². The van der Waals surface area contributed by atoms with Gasteiger partial charge in [0.1, 0.15) is 6.04 Å². The Balaban J connectivity index is 1.74. The van der Waals surface area contributed by atoms with E-state index in [2.05, 4.69) is 34.5 Å². The number of imide groups is 1. The summed E-state index contributed by atoms with van der Waals surface area (Å²) >= 11 is 0. The van der Waals surface area contributed by atoms with Crippen LogP contribution in [0.1, 0.15) is 35.9 Å². The van der Waals surface area contributed by atoms with Gasteiger partial charge in [-0.05, 0) is 43.0 Å². The van der Waals surface area contributed by atoms with E-state index in [1.807, 2.05) is 36.4 Å². The first-order chi connectivity index (χ1) is 12.1. The van der Waals surface area contributed by atoms with Crippen molar-refractivity contribution in [2.24, 2.45) is 5.73 Å². The van der Waals surface area contributed by atoms with E-state index in [9.17, 15) is 9.59 Å². The van der Waals surface area contributed by atoms with Crippen LogP contribution >= 0.6 is 0 Å². The molecule has 1 unspecified atom stereocenters. The summed E-state index contributed by atoms with van der Waals surface area (Å²) in [6.07, 6.45) is 1.97. The van der Waals surface area contributed by atoms with Gasteiger partial charge >= 0.3 is 6.03 Å². The standard InChI is InChI=1S/C20H23N3O2/c21-20(25)22-19(24)18(17-9-5-2-6-10-17)23-13-11-16(12-14-23)15-7-3-1-4-8-15/h1-10,16,18H,11-14H2,(H3,21,22,24,25). The minimum absolute atomic E-state index is 0.364. The molecule has 1 fully saturated rings. The van der Waals surface area contributed by atoms with Gasteiger partial charge in [0.15, 0.2) is 0 Å². The van der Waals surface area contributed by atoms with Crippen molar-refractivity contribution in [3.63, 3.8) is 0 Å². The Morgan fingerprint density at radius 3 is 2.08 bits per heavy atom. The number of piperidine rings is 1. The van der Waals surface area contributed by atoms with Crippen molar-refractivity contribution in [1.29, 1.82) is 0 Å². The predicted octanol–water partition coefficient (Wildman–Crippen LogP) is 2.80.